The smallest absolute Gasteiger partial charge is 0.130 e. The number of aryl methyl sites for hydroxylation is 3. The van der Waals surface area contributed by atoms with Crippen molar-refractivity contribution in [3.05, 3.63) is 46.8 Å². The van der Waals surface area contributed by atoms with Crippen LogP contribution < -0.4 is 4.74 Å². The van der Waals surface area contributed by atoms with Crippen LogP contribution in [0.25, 0.3) is 0 Å². The van der Waals surface area contributed by atoms with Crippen LogP contribution in [0.2, 0.25) is 0 Å². The molecule has 2 aromatic rings. The highest BCUT2D eigenvalue weighted by atomic mass is 16.5. The van der Waals surface area contributed by atoms with E-state index in [1.54, 1.807) is 6.92 Å². The van der Waals surface area contributed by atoms with Gasteiger partial charge >= 0.3 is 0 Å². The first-order valence-corrected chi connectivity index (χ1v) is 6.38. The number of benzene rings is 1. The first-order valence-electron chi connectivity index (χ1n) is 6.38. The van der Waals surface area contributed by atoms with Crippen LogP contribution in [-0.2, 0) is 13.7 Å². The van der Waals surface area contributed by atoms with Crippen molar-refractivity contribution in [2.75, 3.05) is 0 Å². The Labute approximate surface area is 113 Å². The van der Waals surface area contributed by atoms with Crippen molar-refractivity contribution in [3.63, 3.8) is 0 Å². The van der Waals surface area contributed by atoms with Gasteiger partial charge in [-0.3, -0.25) is 4.68 Å². The number of hydrogen-bond donors (Lipinski definition) is 1. The van der Waals surface area contributed by atoms with Gasteiger partial charge in [0.2, 0.25) is 0 Å². The summed E-state index contributed by atoms with van der Waals surface area (Å²) in [6, 6.07) is 7.83. The van der Waals surface area contributed by atoms with E-state index in [1.165, 1.54) is 0 Å². The van der Waals surface area contributed by atoms with Crippen molar-refractivity contribution < 1.29 is 9.84 Å². The summed E-state index contributed by atoms with van der Waals surface area (Å²) in [4.78, 5) is 0. The lowest BCUT2D eigenvalue weighted by molar-refractivity contribution is 0.189. The molecular formula is C15H20N2O2. The van der Waals surface area contributed by atoms with Gasteiger partial charge in [0.1, 0.15) is 12.4 Å². The van der Waals surface area contributed by atoms with E-state index in [2.05, 4.69) is 5.10 Å². The van der Waals surface area contributed by atoms with Gasteiger partial charge in [0.05, 0.1) is 17.5 Å². The van der Waals surface area contributed by atoms with E-state index in [0.717, 1.165) is 28.3 Å². The quantitative estimate of drug-likeness (QED) is 0.919. The maximum absolute atomic E-state index is 9.79. The second-order valence-corrected chi connectivity index (χ2v) is 4.91. The molecule has 102 valence electrons. The van der Waals surface area contributed by atoms with Crippen molar-refractivity contribution in [2.45, 2.75) is 33.5 Å². The normalized spacial score (nSPS) is 12.5. The number of hydrogen-bond acceptors (Lipinski definition) is 3. The summed E-state index contributed by atoms with van der Waals surface area (Å²) in [5.74, 6) is 0.722. The summed E-state index contributed by atoms with van der Waals surface area (Å²) in [6.07, 6.45) is -0.539. The number of ether oxygens (including phenoxy) is 1. The molecule has 0 aliphatic rings. The summed E-state index contributed by atoms with van der Waals surface area (Å²) in [6.45, 7) is 6.15. The molecule has 0 unspecified atom stereocenters. The minimum atomic E-state index is -0.539. The molecule has 0 bridgehead atoms. The van der Waals surface area contributed by atoms with Crippen molar-refractivity contribution in [1.82, 2.24) is 9.78 Å². The van der Waals surface area contributed by atoms with Crippen molar-refractivity contribution in [3.8, 4) is 5.75 Å². The molecule has 1 N–H and O–H groups in total. The lowest BCUT2D eigenvalue weighted by Crippen LogP contribution is -2.05. The predicted octanol–water partition coefficient (Wildman–Crippen LogP) is 2.67. The number of rotatable bonds is 4. The maximum Gasteiger partial charge on any atom is 0.130 e. The molecule has 19 heavy (non-hydrogen) atoms. The van der Waals surface area contributed by atoms with Gasteiger partial charge in [-0.15, -0.1) is 0 Å². The van der Waals surface area contributed by atoms with Crippen LogP contribution in [0.15, 0.2) is 24.3 Å². The molecule has 0 aliphatic carbocycles. The van der Waals surface area contributed by atoms with Crippen LogP contribution in [-0.4, -0.2) is 14.9 Å². The Morgan fingerprint density at radius 3 is 2.63 bits per heavy atom. The molecule has 1 aromatic carbocycles. The molecule has 0 fully saturated rings. The van der Waals surface area contributed by atoms with Crippen molar-refractivity contribution >= 4 is 0 Å². The van der Waals surface area contributed by atoms with Gasteiger partial charge in [0, 0.05) is 12.6 Å². The molecule has 1 aromatic heterocycles. The topological polar surface area (TPSA) is 47.3 Å². The van der Waals surface area contributed by atoms with Crippen molar-refractivity contribution in [2.24, 2.45) is 7.05 Å². The van der Waals surface area contributed by atoms with E-state index >= 15 is 0 Å². The first-order chi connectivity index (χ1) is 8.97. The summed E-state index contributed by atoms with van der Waals surface area (Å²) < 4.78 is 7.62. The van der Waals surface area contributed by atoms with Crippen LogP contribution in [0, 0.1) is 13.8 Å². The number of aromatic nitrogens is 2. The molecule has 0 saturated heterocycles. The van der Waals surface area contributed by atoms with Gasteiger partial charge in [0.15, 0.2) is 0 Å². The minimum Gasteiger partial charge on any atom is -0.487 e. The third-order valence-electron chi connectivity index (χ3n) is 3.09. The number of aliphatic hydroxyl groups excluding tert-OH is 1. The fourth-order valence-corrected chi connectivity index (χ4v) is 2.08. The van der Waals surface area contributed by atoms with Gasteiger partial charge in [-0.1, -0.05) is 11.6 Å². The molecule has 0 aliphatic heterocycles. The first kappa shape index (κ1) is 13.6. The summed E-state index contributed by atoms with van der Waals surface area (Å²) in [5, 5.41) is 14.1. The molecule has 0 spiro atoms. The second-order valence-electron chi connectivity index (χ2n) is 4.91. The van der Waals surface area contributed by atoms with Crippen LogP contribution in [0.1, 0.15) is 35.5 Å². The van der Waals surface area contributed by atoms with E-state index < -0.39 is 6.10 Å². The molecule has 0 amide bonds. The lowest BCUT2D eigenvalue weighted by atomic mass is 10.1. The monoisotopic (exact) mass is 260 g/mol. The Bertz CT molecular complexity index is 574. The maximum atomic E-state index is 9.79. The zero-order chi connectivity index (χ0) is 14.0. The fraction of sp³-hybridized carbons (Fsp3) is 0.400. The largest absolute Gasteiger partial charge is 0.487 e. The van der Waals surface area contributed by atoms with Crippen LogP contribution in [0.3, 0.4) is 0 Å². The third-order valence-corrected chi connectivity index (χ3v) is 3.09. The Morgan fingerprint density at radius 1 is 1.32 bits per heavy atom. The lowest BCUT2D eigenvalue weighted by Gasteiger charge is -2.14. The van der Waals surface area contributed by atoms with Crippen LogP contribution in [0.4, 0.5) is 0 Å². The highest BCUT2D eigenvalue weighted by molar-refractivity contribution is 5.38. The van der Waals surface area contributed by atoms with E-state index in [4.69, 9.17) is 4.74 Å². The van der Waals surface area contributed by atoms with E-state index in [0.29, 0.717) is 6.61 Å². The average Bonchev–Trinajstić information content (AvgIpc) is 2.66. The fourth-order valence-electron chi connectivity index (χ4n) is 2.08. The van der Waals surface area contributed by atoms with E-state index in [1.807, 2.05) is 49.8 Å². The predicted molar refractivity (Wildman–Crippen MR) is 74.1 cm³/mol. The molecule has 0 radical (unpaired) electrons. The molecule has 4 nitrogen and oxygen atoms in total. The van der Waals surface area contributed by atoms with Gasteiger partial charge in [0.25, 0.3) is 0 Å². The summed E-state index contributed by atoms with van der Waals surface area (Å²) >= 11 is 0. The average molecular weight is 260 g/mol. The number of aliphatic hydroxyl groups is 1. The Hall–Kier alpha value is -1.81. The summed E-state index contributed by atoms with van der Waals surface area (Å²) in [7, 11) is 1.90. The highest BCUT2D eigenvalue weighted by Crippen LogP contribution is 2.27. The van der Waals surface area contributed by atoms with Gasteiger partial charge in [-0.05, 0) is 39.0 Å². The summed E-state index contributed by atoms with van der Waals surface area (Å²) in [5.41, 5.74) is 3.91. The zero-order valence-electron chi connectivity index (χ0n) is 11.8. The molecule has 4 heteroatoms. The second kappa shape index (κ2) is 5.45. The molecule has 2 rings (SSSR count). The molecular weight excluding hydrogens is 240 g/mol. The molecule has 1 heterocycles. The third kappa shape index (κ3) is 3.15. The Morgan fingerprint density at radius 2 is 2.05 bits per heavy atom. The Balaban J connectivity index is 2.17. The van der Waals surface area contributed by atoms with Gasteiger partial charge in [-0.25, -0.2) is 0 Å². The SMILES string of the molecule is Cc1ccc(OCc2cc(C)nn2C)c([C@@H](C)O)c1. The standard InChI is InChI=1S/C15H20N2O2/c1-10-5-6-15(14(7-10)12(3)18)19-9-13-8-11(2)16-17(13)4/h5-8,12,18H,9H2,1-4H3/t12-/m1/s1. The highest BCUT2D eigenvalue weighted by Gasteiger charge is 2.10. The van der Waals surface area contributed by atoms with E-state index in [-0.39, 0.29) is 0 Å². The van der Waals surface area contributed by atoms with Gasteiger partial charge < -0.3 is 9.84 Å². The van der Waals surface area contributed by atoms with Crippen LogP contribution >= 0.6 is 0 Å². The van der Waals surface area contributed by atoms with Crippen LogP contribution in [0.5, 0.6) is 5.75 Å². The Kier molecular flexibility index (Phi) is 3.90. The van der Waals surface area contributed by atoms with Gasteiger partial charge in [-0.2, -0.15) is 5.10 Å². The molecule has 0 saturated carbocycles. The molecule has 1 atom stereocenters. The zero-order valence-corrected chi connectivity index (χ0v) is 11.8. The number of nitrogens with zero attached hydrogens (tertiary/aromatic N) is 2. The van der Waals surface area contributed by atoms with Crippen molar-refractivity contribution in [1.29, 1.82) is 0 Å². The van der Waals surface area contributed by atoms with E-state index in [9.17, 15) is 5.11 Å². The minimum absolute atomic E-state index is 0.445.